The Balaban J connectivity index is 1.41. The van der Waals surface area contributed by atoms with E-state index < -0.39 is 11.8 Å². The summed E-state index contributed by atoms with van der Waals surface area (Å²) in [5.74, 6) is -1.71. The number of ether oxygens (including phenoxy) is 2. The summed E-state index contributed by atoms with van der Waals surface area (Å²) < 4.78 is 11.3. The second kappa shape index (κ2) is 8.38. The van der Waals surface area contributed by atoms with Crippen molar-refractivity contribution in [1.29, 1.82) is 0 Å². The number of benzene rings is 2. The van der Waals surface area contributed by atoms with Crippen LogP contribution in [0.5, 0.6) is 0 Å². The maximum absolute atomic E-state index is 12.8. The normalized spacial score (nSPS) is 19.8. The molecule has 0 saturated carbocycles. The molecule has 7 nitrogen and oxygen atoms in total. The molecule has 1 atom stereocenters. The molecule has 0 unspecified atom stereocenters. The predicted molar refractivity (Wildman–Crippen MR) is 110 cm³/mol. The maximum Gasteiger partial charge on any atom is 0.251 e. The highest BCUT2D eigenvalue weighted by Crippen LogP contribution is 2.35. The summed E-state index contributed by atoms with van der Waals surface area (Å²) in [5, 5.41) is 2.67. The fourth-order valence-electron chi connectivity index (χ4n) is 4.00. The predicted octanol–water partition coefficient (Wildman–Crippen LogP) is 2.02. The van der Waals surface area contributed by atoms with E-state index >= 15 is 0 Å². The zero-order valence-electron chi connectivity index (χ0n) is 16.8. The van der Waals surface area contributed by atoms with Gasteiger partial charge in [-0.15, -0.1) is 0 Å². The third kappa shape index (κ3) is 4.13. The van der Waals surface area contributed by atoms with Gasteiger partial charge >= 0.3 is 0 Å². The van der Waals surface area contributed by atoms with E-state index in [-0.39, 0.29) is 30.7 Å². The molecule has 2 amide bonds. The van der Waals surface area contributed by atoms with Crippen LogP contribution in [-0.2, 0) is 19.1 Å². The van der Waals surface area contributed by atoms with E-state index in [4.69, 9.17) is 9.47 Å². The molecule has 2 aliphatic heterocycles. The molecule has 0 radical (unpaired) electrons. The van der Waals surface area contributed by atoms with Crippen molar-refractivity contribution < 1.29 is 23.9 Å². The highest BCUT2D eigenvalue weighted by molar-refractivity contribution is 5.98. The van der Waals surface area contributed by atoms with Crippen molar-refractivity contribution in [3.05, 3.63) is 60.2 Å². The first-order valence-corrected chi connectivity index (χ1v) is 9.99. The second-order valence-electron chi connectivity index (χ2n) is 7.59. The Morgan fingerprint density at radius 1 is 1.03 bits per heavy atom. The number of rotatable bonds is 5. The smallest absolute Gasteiger partial charge is 0.251 e. The van der Waals surface area contributed by atoms with Crippen LogP contribution in [0.4, 0.5) is 0 Å². The summed E-state index contributed by atoms with van der Waals surface area (Å²) in [7, 11) is 0. The van der Waals surface area contributed by atoms with Crippen LogP contribution in [0.3, 0.4) is 0 Å². The molecule has 4 rings (SSSR count). The Morgan fingerprint density at radius 3 is 2.43 bits per heavy atom. The molecule has 0 aromatic heterocycles. The third-order valence-electron chi connectivity index (χ3n) is 5.53. The Bertz CT molecular complexity index is 953. The average Bonchev–Trinajstić information content (AvgIpc) is 3.40. The number of carbonyl (C=O) groups excluding carboxylic acids is 3. The standard InChI is InChI=1S/C23H24N2O5/c1-16(26)20-13-23(29-10-11-30-23)15-25(20)21(27)14-24-22(28)19-9-5-8-18(12-19)17-6-3-2-4-7-17/h2-9,12,20H,10-11,13-15H2,1H3,(H,24,28)/t20-/m0/s1. The van der Waals surface area contributed by atoms with Gasteiger partial charge in [-0.25, -0.2) is 0 Å². The van der Waals surface area contributed by atoms with Crippen LogP contribution in [0.2, 0.25) is 0 Å². The first-order chi connectivity index (χ1) is 14.5. The van der Waals surface area contributed by atoms with Gasteiger partial charge in [0.15, 0.2) is 11.6 Å². The number of nitrogens with zero attached hydrogens (tertiary/aromatic N) is 1. The quantitative estimate of drug-likeness (QED) is 0.818. The topological polar surface area (TPSA) is 84.9 Å². The van der Waals surface area contributed by atoms with Crippen molar-refractivity contribution in [3.8, 4) is 11.1 Å². The van der Waals surface area contributed by atoms with Gasteiger partial charge in [0.1, 0.15) is 0 Å². The minimum absolute atomic E-state index is 0.124. The number of ketones is 1. The van der Waals surface area contributed by atoms with Gasteiger partial charge in [0.05, 0.1) is 32.3 Å². The molecule has 2 aromatic carbocycles. The lowest BCUT2D eigenvalue weighted by Crippen LogP contribution is -2.45. The lowest BCUT2D eigenvalue weighted by molar-refractivity contribution is -0.152. The van der Waals surface area contributed by atoms with Crippen LogP contribution >= 0.6 is 0 Å². The van der Waals surface area contributed by atoms with Gasteiger partial charge in [0.2, 0.25) is 5.91 Å². The van der Waals surface area contributed by atoms with Gasteiger partial charge in [0, 0.05) is 12.0 Å². The van der Waals surface area contributed by atoms with Crippen LogP contribution in [0, 0.1) is 0 Å². The van der Waals surface area contributed by atoms with Crippen molar-refractivity contribution in [2.24, 2.45) is 0 Å². The van der Waals surface area contributed by atoms with Crippen LogP contribution in [0.15, 0.2) is 54.6 Å². The molecule has 30 heavy (non-hydrogen) atoms. The van der Waals surface area contributed by atoms with Crippen LogP contribution < -0.4 is 5.32 Å². The average molecular weight is 408 g/mol. The number of hydrogen-bond donors (Lipinski definition) is 1. The van der Waals surface area contributed by atoms with E-state index in [2.05, 4.69) is 5.32 Å². The van der Waals surface area contributed by atoms with Gasteiger partial charge in [-0.1, -0.05) is 42.5 Å². The van der Waals surface area contributed by atoms with Crippen LogP contribution in [0.1, 0.15) is 23.7 Å². The number of likely N-dealkylation sites (tertiary alicyclic amines) is 1. The van der Waals surface area contributed by atoms with Crippen molar-refractivity contribution >= 4 is 17.6 Å². The number of nitrogens with one attached hydrogen (secondary N) is 1. The van der Waals surface area contributed by atoms with Gasteiger partial charge in [-0.2, -0.15) is 0 Å². The largest absolute Gasteiger partial charge is 0.346 e. The molecule has 0 bridgehead atoms. The molecule has 7 heteroatoms. The molecule has 2 saturated heterocycles. The highest BCUT2D eigenvalue weighted by Gasteiger charge is 2.51. The van der Waals surface area contributed by atoms with Gasteiger partial charge in [-0.3, -0.25) is 14.4 Å². The summed E-state index contributed by atoms with van der Waals surface area (Å²) in [5.41, 5.74) is 2.39. The third-order valence-corrected chi connectivity index (χ3v) is 5.53. The fourth-order valence-corrected chi connectivity index (χ4v) is 4.00. The Morgan fingerprint density at radius 2 is 1.73 bits per heavy atom. The molecule has 2 aromatic rings. The van der Waals surface area contributed by atoms with E-state index in [0.29, 0.717) is 25.2 Å². The number of carbonyl (C=O) groups is 3. The summed E-state index contributed by atoms with van der Waals surface area (Å²) in [6.07, 6.45) is 0.321. The van der Waals surface area contributed by atoms with E-state index in [0.717, 1.165) is 11.1 Å². The van der Waals surface area contributed by atoms with Crippen molar-refractivity contribution in [2.45, 2.75) is 25.2 Å². The number of hydrogen-bond acceptors (Lipinski definition) is 5. The fraction of sp³-hybridized carbons (Fsp3) is 0.348. The molecular weight excluding hydrogens is 384 g/mol. The number of amides is 2. The molecule has 1 N–H and O–H groups in total. The van der Waals surface area contributed by atoms with Crippen LogP contribution in [0.25, 0.3) is 11.1 Å². The van der Waals surface area contributed by atoms with E-state index in [1.807, 2.05) is 42.5 Å². The van der Waals surface area contributed by atoms with E-state index in [1.54, 1.807) is 12.1 Å². The summed E-state index contributed by atoms with van der Waals surface area (Å²) >= 11 is 0. The zero-order chi connectivity index (χ0) is 21.1. The second-order valence-corrected chi connectivity index (χ2v) is 7.59. The first kappa shape index (κ1) is 20.3. The monoisotopic (exact) mass is 408 g/mol. The minimum atomic E-state index is -0.903. The minimum Gasteiger partial charge on any atom is -0.346 e. The molecular formula is C23H24N2O5. The Kier molecular flexibility index (Phi) is 5.65. The van der Waals surface area contributed by atoms with Crippen LogP contribution in [-0.4, -0.2) is 60.6 Å². The Hall–Kier alpha value is -3.03. The molecule has 0 aliphatic carbocycles. The highest BCUT2D eigenvalue weighted by atomic mass is 16.7. The zero-order valence-corrected chi connectivity index (χ0v) is 16.8. The van der Waals surface area contributed by atoms with E-state index in [9.17, 15) is 14.4 Å². The lowest BCUT2D eigenvalue weighted by Gasteiger charge is -2.23. The summed E-state index contributed by atoms with van der Waals surface area (Å²) in [6, 6.07) is 16.4. The molecule has 156 valence electrons. The van der Waals surface area contributed by atoms with Gasteiger partial charge < -0.3 is 19.7 Å². The lowest BCUT2D eigenvalue weighted by atomic mass is 10.0. The molecule has 1 spiro atoms. The maximum atomic E-state index is 12.8. The SMILES string of the molecule is CC(=O)[C@@H]1CC2(CN1C(=O)CNC(=O)c1cccc(-c3ccccc3)c1)OCCO2. The summed E-state index contributed by atoms with van der Waals surface area (Å²) in [4.78, 5) is 38.9. The number of Topliss-reactive ketones (excluding diaryl/α,β-unsaturated/α-hetero) is 1. The van der Waals surface area contributed by atoms with Crippen molar-refractivity contribution in [3.63, 3.8) is 0 Å². The van der Waals surface area contributed by atoms with Crippen molar-refractivity contribution in [2.75, 3.05) is 26.3 Å². The Labute approximate surface area is 175 Å². The van der Waals surface area contributed by atoms with Crippen molar-refractivity contribution in [1.82, 2.24) is 10.2 Å². The van der Waals surface area contributed by atoms with E-state index in [1.165, 1.54) is 11.8 Å². The summed E-state index contributed by atoms with van der Waals surface area (Å²) in [6.45, 7) is 2.33. The molecule has 2 fully saturated rings. The molecule has 2 aliphatic rings. The first-order valence-electron chi connectivity index (χ1n) is 9.99. The molecule has 2 heterocycles. The van der Waals surface area contributed by atoms with Gasteiger partial charge in [-0.05, 0) is 30.2 Å². The van der Waals surface area contributed by atoms with Gasteiger partial charge in [0.25, 0.3) is 5.91 Å².